The average Bonchev–Trinajstić information content (AvgIpc) is 3.21. The van der Waals surface area contributed by atoms with Gasteiger partial charge in [0.1, 0.15) is 4.90 Å². The Hall–Kier alpha value is -2.75. The fourth-order valence-electron chi connectivity index (χ4n) is 3.54. The summed E-state index contributed by atoms with van der Waals surface area (Å²) in [5.74, 6) is 0.000741. The first-order chi connectivity index (χ1) is 14.8. The average molecular weight is 461 g/mol. The lowest BCUT2D eigenvalue weighted by Crippen LogP contribution is -2.43. The summed E-state index contributed by atoms with van der Waals surface area (Å²) in [6.07, 6.45) is 1.19. The molecule has 4 rings (SSSR count). The standard InChI is InChI=1S/C21H21ClN4O4S/c1-14-23-20(25-30-14)15-9-10-18(22)19(12-15)31(28,29)26-11-5-6-16(13-26)21(27)24-17-7-3-2-4-8-17/h2-4,7-10,12,16H,5-6,11,13H2,1H3,(H,24,27). The minimum absolute atomic E-state index is 0.0433. The van der Waals surface area contributed by atoms with Crippen LogP contribution in [0.15, 0.2) is 57.9 Å². The van der Waals surface area contributed by atoms with Crippen LogP contribution in [-0.4, -0.2) is 41.9 Å². The number of piperidine rings is 1. The molecule has 10 heteroatoms. The van der Waals surface area contributed by atoms with Crippen molar-refractivity contribution in [2.45, 2.75) is 24.7 Å². The van der Waals surface area contributed by atoms with Crippen LogP contribution in [0.4, 0.5) is 5.69 Å². The SMILES string of the molecule is Cc1nc(-c2ccc(Cl)c(S(=O)(=O)N3CCCC(C(=O)Nc4ccccc4)C3)c2)no1. The molecule has 1 aliphatic heterocycles. The van der Waals surface area contributed by atoms with Crippen molar-refractivity contribution in [3.63, 3.8) is 0 Å². The zero-order chi connectivity index (χ0) is 22.0. The number of halogens is 1. The van der Waals surface area contributed by atoms with Crippen LogP contribution in [0, 0.1) is 12.8 Å². The molecule has 2 heterocycles. The molecule has 3 aromatic rings. The number of aryl methyl sites for hydroxylation is 1. The Morgan fingerprint density at radius 3 is 2.71 bits per heavy atom. The maximum atomic E-state index is 13.4. The number of benzene rings is 2. The van der Waals surface area contributed by atoms with E-state index >= 15 is 0 Å². The molecule has 0 radical (unpaired) electrons. The summed E-state index contributed by atoms with van der Waals surface area (Å²) in [5, 5.41) is 6.79. The summed E-state index contributed by atoms with van der Waals surface area (Å²) >= 11 is 6.25. The zero-order valence-corrected chi connectivity index (χ0v) is 18.4. The molecule has 31 heavy (non-hydrogen) atoms. The topological polar surface area (TPSA) is 105 Å². The van der Waals surface area contributed by atoms with Crippen molar-refractivity contribution in [1.29, 1.82) is 0 Å². The smallest absolute Gasteiger partial charge is 0.244 e. The Labute approximate surface area is 185 Å². The lowest BCUT2D eigenvalue weighted by atomic mass is 9.99. The number of hydrogen-bond acceptors (Lipinski definition) is 6. The summed E-state index contributed by atoms with van der Waals surface area (Å²) in [7, 11) is -3.92. The Morgan fingerprint density at radius 1 is 1.23 bits per heavy atom. The number of sulfonamides is 1. The Morgan fingerprint density at radius 2 is 2.00 bits per heavy atom. The van der Waals surface area contributed by atoms with E-state index in [-0.39, 0.29) is 28.2 Å². The van der Waals surface area contributed by atoms with E-state index in [0.29, 0.717) is 36.5 Å². The highest BCUT2D eigenvalue weighted by molar-refractivity contribution is 7.89. The predicted octanol–water partition coefficient (Wildman–Crippen LogP) is 3.74. The van der Waals surface area contributed by atoms with E-state index in [2.05, 4.69) is 15.5 Å². The van der Waals surface area contributed by atoms with Crippen LogP contribution in [0.3, 0.4) is 0 Å². The first-order valence-corrected chi connectivity index (χ1v) is 11.6. The molecule has 1 amide bonds. The fourth-order valence-corrected chi connectivity index (χ4v) is 5.56. The third-order valence-corrected chi connectivity index (χ3v) is 7.48. The molecule has 162 valence electrons. The van der Waals surface area contributed by atoms with Gasteiger partial charge in [0.25, 0.3) is 0 Å². The monoisotopic (exact) mass is 460 g/mol. The molecule has 1 unspecified atom stereocenters. The second-order valence-electron chi connectivity index (χ2n) is 7.34. The van der Waals surface area contributed by atoms with E-state index in [9.17, 15) is 13.2 Å². The van der Waals surface area contributed by atoms with E-state index in [1.165, 1.54) is 16.4 Å². The van der Waals surface area contributed by atoms with E-state index in [1.807, 2.05) is 18.2 Å². The lowest BCUT2D eigenvalue weighted by Gasteiger charge is -2.31. The van der Waals surface area contributed by atoms with Gasteiger partial charge >= 0.3 is 0 Å². The molecular formula is C21H21ClN4O4S. The number of carbonyl (C=O) groups excluding carboxylic acids is 1. The largest absolute Gasteiger partial charge is 0.339 e. The van der Waals surface area contributed by atoms with Crippen molar-refractivity contribution in [3.8, 4) is 11.4 Å². The van der Waals surface area contributed by atoms with Gasteiger partial charge in [0.15, 0.2) is 0 Å². The number of anilines is 1. The highest BCUT2D eigenvalue weighted by atomic mass is 35.5. The summed E-state index contributed by atoms with van der Waals surface area (Å²) in [6, 6.07) is 13.7. The van der Waals surface area contributed by atoms with Crippen LogP contribution in [0.25, 0.3) is 11.4 Å². The predicted molar refractivity (Wildman–Crippen MR) is 116 cm³/mol. The van der Waals surface area contributed by atoms with Crippen molar-refractivity contribution >= 4 is 33.2 Å². The molecule has 0 bridgehead atoms. The minimum atomic E-state index is -3.92. The third-order valence-electron chi connectivity index (χ3n) is 5.13. The molecule has 1 fully saturated rings. The zero-order valence-electron chi connectivity index (χ0n) is 16.8. The number of amides is 1. The molecular weight excluding hydrogens is 440 g/mol. The highest BCUT2D eigenvalue weighted by Crippen LogP contribution is 2.31. The van der Waals surface area contributed by atoms with Gasteiger partial charge in [-0.1, -0.05) is 35.0 Å². The highest BCUT2D eigenvalue weighted by Gasteiger charge is 2.34. The van der Waals surface area contributed by atoms with Crippen LogP contribution >= 0.6 is 11.6 Å². The van der Waals surface area contributed by atoms with Gasteiger partial charge in [-0.15, -0.1) is 0 Å². The molecule has 0 spiro atoms. The van der Waals surface area contributed by atoms with Crippen LogP contribution in [-0.2, 0) is 14.8 Å². The van der Waals surface area contributed by atoms with Crippen LogP contribution in [0.2, 0.25) is 5.02 Å². The summed E-state index contributed by atoms with van der Waals surface area (Å²) in [6.45, 7) is 2.06. The summed E-state index contributed by atoms with van der Waals surface area (Å²) in [4.78, 5) is 16.8. The van der Waals surface area contributed by atoms with Crippen LogP contribution in [0.5, 0.6) is 0 Å². The molecule has 0 aliphatic carbocycles. The van der Waals surface area contributed by atoms with Gasteiger partial charge in [-0.2, -0.15) is 9.29 Å². The van der Waals surface area contributed by atoms with E-state index < -0.39 is 15.9 Å². The van der Waals surface area contributed by atoms with Crippen molar-refractivity contribution in [1.82, 2.24) is 14.4 Å². The minimum Gasteiger partial charge on any atom is -0.339 e. The maximum absolute atomic E-state index is 13.4. The summed E-state index contributed by atoms with van der Waals surface area (Å²) in [5.41, 5.74) is 1.16. The number of nitrogens with zero attached hydrogens (tertiary/aromatic N) is 3. The Balaban J connectivity index is 1.56. The van der Waals surface area contributed by atoms with Gasteiger partial charge in [-0.25, -0.2) is 8.42 Å². The Kier molecular flexibility index (Phi) is 6.08. The second-order valence-corrected chi connectivity index (χ2v) is 9.65. The van der Waals surface area contributed by atoms with Gasteiger partial charge in [0.05, 0.1) is 10.9 Å². The van der Waals surface area contributed by atoms with Gasteiger partial charge in [-0.05, 0) is 43.2 Å². The van der Waals surface area contributed by atoms with Crippen molar-refractivity contribution < 1.29 is 17.7 Å². The molecule has 1 aliphatic rings. The lowest BCUT2D eigenvalue weighted by molar-refractivity contribution is -0.120. The van der Waals surface area contributed by atoms with Crippen LogP contribution < -0.4 is 5.32 Å². The van der Waals surface area contributed by atoms with Gasteiger partial charge in [-0.3, -0.25) is 4.79 Å². The molecule has 1 aromatic heterocycles. The second kappa shape index (κ2) is 8.78. The molecule has 2 aromatic carbocycles. The number of para-hydroxylation sites is 1. The number of carbonyl (C=O) groups is 1. The molecule has 1 N–H and O–H groups in total. The van der Waals surface area contributed by atoms with E-state index in [4.69, 9.17) is 16.1 Å². The molecule has 1 atom stereocenters. The Bertz CT molecular complexity index is 1200. The normalized spacial score (nSPS) is 17.4. The maximum Gasteiger partial charge on any atom is 0.244 e. The number of rotatable bonds is 5. The van der Waals surface area contributed by atoms with E-state index in [1.54, 1.807) is 25.1 Å². The van der Waals surface area contributed by atoms with Gasteiger partial charge in [0, 0.05) is 31.3 Å². The first kappa shape index (κ1) is 21.5. The molecule has 8 nitrogen and oxygen atoms in total. The van der Waals surface area contributed by atoms with Crippen molar-refractivity contribution in [2.75, 3.05) is 18.4 Å². The third kappa shape index (κ3) is 4.63. The number of aromatic nitrogens is 2. The van der Waals surface area contributed by atoms with E-state index in [0.717, 1.165) is 0 Å². The fraction of sp³-hybridized carbons (Fsp3) is 0.286. The first-order valence-electron chi connectivity index (χ1n) is 9.81. The summed E-state index contributed by atoms with van der Waals surface area (Å²) < 4.78 is 33.0. The van der Waals surface area contributed by atoms with Crippen LogP contribution in [0.1, 0.15) is 18.7 Å². The molecule has 1 saturated heterocycles. The van der Waals surface area contributed by atoms with Gasteiger partial charge in [0.2, 0.25) is 27.6 Å². The number of nitrogens with one attached hydrogen (secondary N) is 1. The van der Waals surface area contributed by atoms with Crippen molar-refractivity contribution in [2.24, 2.45) is 5.92 Å². The number of hydrogen-bond donors (Lipinski definition) is 1. The quantitative estimate of drug-likeness (QED) is 0.621. The van der Waals surface area contributed by atoms with Crippen molar-refractivity contribution in [3.05, 3.63) is 59.4 Å². The molecule has 0 saturated carbocycles. The van der Waals surface area contributed by atoms with Gasteiger partial charge < -0.3 is 9.84 Å².